The van der Waals surface area contributed by atoms with Crippen LogP contribution in [0.15, 0.2) is 42.5 Å². The van der Waals surface area contributed by atoms with Crippen LogP contribution in [0.5, 0.6) is 0 Å². The minimum absolute atomic E-state index is 0.0380. The van der Waals surface area contributed by atoms with Crippen LogP contribution in [0.1, 0.15) is 23.6 Å². The smallest absolute Gasteiger partial charge is 0.244 e. The molecule has 0 heterocycles. The van der Waals surface area contributed by atoms with Crippen LogP contribution in [0.2, 0.25) is 5.02 Å². The lowest BCUT2D eigenvalue weighted by molar-refractivity contribution is -0.132. The summed E-state index contributed by atoms with van der Waals surface area (Å²) < 4.78 is 0. The Labute approximate surface area is 153 Å². The van der Waals surface area contributed by atoms with E-state index >= 15 is 0 Å². The van der Waals surface area contributed by atoms with Crippen LogP contribution in [-0.2, 0) is 16.0 Å². The largest absolute Gasteiger partial charge is 0.333 e. The van der Waals surface area contributed by atoms with E-state index in [1.54, 1.807) is 4.90 Å². The Kier molecular flexibility index (Phi) is 6.59. The molecule has 132 valence electrons. The highest BCUT2D eigenvalue weighted by molar-refractivity contribution is 6.30. The standard InChI is InChI=1S/C20H23ClN2O2/c1-14-4-5-15(2)19(12-14)22-20(25)13-23(16(3)24)11-10-17-6-8-18(21)9-7-17/h4-9,12H,10-11,13H2,1-3H3,(H,22,25). The Morgan fingerprint density at radius 2 is 1.76 bits per heavy atom. The van der Waals surface area contributed by atoms with E-state index in [0.717, 1.165) is 22.4 Å². The number of hydrogen-bond acceptors (Lipinski definition) is 2. The summed E-state index contributed by atoms with van der Waals surface area (Å²) in [5.74, 6) is -0.315. The predicted molar refractivity (Wildman–Crippen MR) is 102 cm³/mol. The van der Waals surface area contributed by atoms with Crippen molar-refractivity contribution in [1.82, 2.24) is 4.90 Å². The lowest BCUT2D eigenvalue weighted by atomic mass is 10.1. The maximum atomic E-state index is 12.3. The maximum Gasteiger partial charge on any atom is 0.244 e. The van der Waals surface area contributed by atoms with Crippen LogP contribution >= 0.6 is 11.6 Å². The first-order valence-corrected chi connectivity index (χ1v) is 8.60. The summed E-state index contributed by atoms with van der Waals surface area (Å²) in [5.41, 5.74) is 3.93. The first-order chi connectivity index (χ1) is 11.8. The molecular formula is C20H23ClN2O2. The topological polar surface area (TPSA) is 49.4 Å². The van der Waals surface area contributed by atoms with E-state index in [0.29, 0.717) is 18.0 Å². The van der Waals surface area contributed by atoms with Crippen LogP contribution in [0.3, 0.4) is 0 Å². The van der Waals surface area contributed by atoms with E-state index in [9.17, 15) is 9.59 Å². The fourth-order valence-corrected chi connectivity index (χ4v) is 2.62. The van der Waals surface area contributed by atoms with Gasteiger partial charge in [-0.15, -0.1) is 0 Å². The number of hydrogen-bond donors (Lipinski definition) is 1. The molecule has 0 saturated carbocycles. The second kappa shape index (κ2) is 8.67. The number of halogens is 1. The Balaban J connectivity index is 1.95. The number of nitrogens with zero attached hydrogens (tertiary/aromatic N) is 1. The summed E-state index contributed by atoms with van der Waals surface area (Å²) in [7, 11) is 0. The van der Waals surface area contributed by atoms with Gasteiger partial charge in [-0.1, -0.05) is 35.9 Å². The van der Waals surface area contributed by atoms with Crippen molar-refractivity contribution in [2.45, 2.75) is 27.2 Å². The fourth-order valence-electron chi connectivity index (χ4n) is 2.50. The zero-order valence-electron chi connectivity index (χ0n) is 14.8. The fraction of sp³-hybridized carbons (Fsp3) is 0.300. The molecule has 2 aromatic carbocycles. The summed E-state index contributed by atoms with van der Waals surface area (Å²) in [6, 6.07) is 13.4. The van der Waals surface area contributed by atoms with E-state index in [2.05, 4.69) is 5.32 Å². The van der Waals surface area contributed by atoms with Gasteiger partial charge in [-0.2, -0.15) is 0 Å². The van der Waals surface area contributed by atoms with Gasteiger partial charge in [0.2, 0.25) is 11.8 Å². The normalized spacial score (nSPS) is 10.4. The van der Waals surface area contributed by atoms with Crippen molar-refractivity contribution in [3.05, 3.63) is 64.2 Å². The van der Waals surface area contributed by atoms with Gasteiger partial charge in [0.25, 0.3) is 0 Å². The predicted octanol–water partition coefficient (Wildman–Crippen LogP) is 3.99. The summed E-state index contributed by atoms with van der Waals surface area (Å²) in [6.07, 6.45) is 0.674. The van der Waals surface area contributed by atoms with Crippen molar-refractivity contribution < 1.29 is 9.59 Å². The average molecular weight is 359 g/mol. The van der Waals surface area contributed by atoms with Crippen molar-refractivity contribution in [3.8, 4) is 0 Å². The van der Waals surface area contributed by atoms with E-state index < -0.39 is 0 Å². The molecule has 0 aliphatic carbocycles. The van der Waals surface area contributed by atoms with Gasteiger partial charge >= 0.3 is 0 Å². The van der Waals surface area contributed by atoms with Gasteiger partial charge in [0.15, 0.2) is 0 Å². The highest BCUT2D eigenvalue weighted by Crippen LogP contribution is 2.16. The number of nitrogens with one attached hydrogen (secondary N) is 1. The monoisotopic (exact) mass is 358 g/mol. The van der Waals surface area contributed by atoms with E-state index in [4.69, 9.17) is 11.6 Å². The van der Waals surface area contributed by atoms with Gasteiger partial charge in [0.05, 0.1) is 6.54 Å². The van der Waals surface area contributed by atoms with Crippen molar-refractivity contribution >= 4 is 29.1 Å². The highest BCUT2D eigenvalue weighted by atomic mass is 35.5. The number of amides is 2. The molecule has 0 atom stereocenters. The lowest BCUT2D eigenvalue weighted by Crippen LogP contribution is -2.38. The van der Waals surface area contributed by atoms with Crippen molar-refractivity contribution in [1.29, 1.82) is 0 Å². The molecule has 25 heavy (non-hydrogen) atoms. The number of benzene rings is 2. The summed E-state index contributed by atoms with van der Waals surface area (Å²) in [5, 5.41) is 3.57. The molecule has 2 amide bonds. The molecular weight excluding hydrogens is 336 g/mol. The minimum atomic E-state index is -0.194. The van der Waals surface area contributed by atoms with Gasteiger partial charge in [0, 0.05) is 24.2 Å². The zero-order valence-corrected chi connectivity index (χ0v) is 15.6. The van der Waals surface area contributed by atoms with Gasteiger partial charge in [0.1, 0.15) is 0 Å². The highest BCUT2D eigenvalue weighted by Gasteiger charge is 2.14. The van der Waals surface area contributed by atoms with Crippen LogP contribution in [0.25, 0.3) is 0 Å². The van der Waals surface area contributed by atoms with Crippen molar-refractivity contribution in [3.63, 3.8) is 0 Å². The lowest BCUT2D eigenvalue weighted by Gasteiger charge is -2.21. The van der Waals surface area contributed by atoms with E-state index in [-0.39, 0.29) is 18.4 Å². The van der Waals surface area contributed by atoms with Crippen molar-refractivity contribution in [2.75, 3.05) is 18.4 Å². The first-order valence-electron chi connectivity index (χ1n) is 8.22. The molecule has 0 aliphatic heterocycles. The molecule has 2 rings (SSSR count). The summed E-state index contributed by atoms with van der Waals surface area (Å²) in [6.45, 7) is 5.92. The molecule has 0 aromatic heterocycles. The summed E-state index contributed by atoms with van der Waals surface area (Å²) >= 11 is 5.88. The van der Waals surface area contributed by atoms with E-state index in [1.807, 2.05) is 56.3 Å². The molecule has 5 heteroatoms. The first kappa shape index (κ1) is 19.0. The second-order valence-electron chi connectivity index (χ2n) is 6.18. The van der Waals surface area contributed by atoms with Crippen LogP contribution < -0.4 is 5.32 Å². The second-order valence-corrected chi connectivity index (χ2v) is 6.62. The molecule has 0 bridgehead atoms. The van der Waals surface area contributed by atoms with Gasteiger partial charge < -0.3 is 10.2 Å². The van der Waals surface area contributed by atoms with Gasteiger partial charge in [-0.3, -0.25) is 9.59 Å². The number of carbonyl (C=O) groups is 2. The van der Waals surface area contributed by atoms with Crippen molar-refractivity contribution in [2.24, 2.45) is 0 Å². The summed E-state index contributed by atoms with van der Waals surface area (Å²) in [4.78, 5) is 25.7. The molecule has 0 aliphatic rings. The molecule has 0 spiro atoms. The number of aryl methyl sites for hydroxylation is 2. The van der Waals surface area contributed by atoms with Crippen LogP contribution in [-0.4, -0.2) is 29.8 Å². The molecule has 0 unspecified atom stereocenters. The Morgan fingerprint density at radius 3 is 2.40 bits per heavy atom. The van der Waals surface area contributed by atoms with Gasteiger partial charge in [-0.05, 0) is 55.2 Å². The third-order valence-electron chi connectivity index (χ3n) is 4.03. The third kappa shape index (κ3) is 5.91. The molecule has 1 N–H and O–H groups in total. The Hall–Kier alpha value is -2.33. The zero-order chi connectivity index (χ0) is 18.4. The molecule has 0 fully saturated rings. The minimum Gasteiger partial charge on any atom is -0.333 e. The SMILES string of the molecule is CC(=O)N(CCc1ccc(Cl)cc1)CC(=O)Nc1cc(C)ccc1C. The number of rotatable bonds is 6. The third-order valence-corrected chi connectivity index (χ3v) is 4.28. The average Bonchev–Trinajstić information content (AvgIpc) is 2.56. The van der Waals surface area contributed by atoms with Crippen LogP contribution in [0.4, 0.5) is 5.69 Å². The Morgan fingerprint density at radius 1 is 1.08 bits per heavy atom. The van der Waals surface area contributed by atoms with Crippen LogP contribution in [0, 0.1) is 13.8 Å². The maximum absolute atomic E-state index is 12.3. The number of anilines is 1. The molecule has 4 nitrogen and oxygen atoms in total. The molecule has 0 radical (unpaired) electrons. The van der Waals surface area contributed by atoms with Gasteiger partial charge in [-0.25, -0.2) is 0 Å². The Bertz CT molecular complexity index is 757. The molecule has 2 aromatic rings. The quantitative estimate of drug-likeness (QED) is 0.848. The molecule has 0 saturated heterocycles. The number of carbonyl (C=O) groups excluding carboxylic acids is 2. The van der Waals surface area contributed by atoms with E-state index in [1.165, 1.54) is 6.92 Å².